The summed E-state index contributed by atoms with van der Waals surface area (Å²) >= 11 is 0. The first-order chi connectivity index (χ1) is 5.16. The van der Waals surface area contributed by atoms with Crippen molar-refractivity contribution in [2.45, 2.75) is 39.2 Å². The van der Waals surface area contributed by atoms with E-state index in [4.69, 9.17) is 0 Å². The molecule has 0 aliphatic heterocycles. The van der Waals surface area contributed by atoms with E-state index in [2.05, 4.69) is 31.0 Å². The van der Waals surface area contributed by atoms with E-state index in [1.54, 1.807) is 0 Å². The largest absolute Gasteiger partial charge is 0.310 e. The Morgan fingerprint density at radius 1 is 1.55 bits per heavy atom. The lowest BCUT2D eigenvalue weighted by Crippen LogP contribution is -2.31. The van der Waals surface area contributed by atoms with Crippen molar-refractivity contribution in [2.75, 3.05) is 6.54 Å². The Kier molecular flexibility index (Phi) is 2.57. The zero-order valence-corrected chi connectivity index (χ0v) is 7.70. The number of nitrogens with one attached hydrogen (secondary N) is 1. The van der Waals surface area contributed by atoms with Crippen LogP contribution >= 0.6 is 0 Å². The van der Waals surface area contributed by atoms with Gasteiger partial charge < -0.3 is 5.32 Å². The van der Waals surface area contributed by atoms with Crippen LogP contribution in [0.5, 0.6) is 0 Å². The van der Waals surface area contributed by atoms with Crippen LogP contribution in [-0.2, 0) is 0 Å². The quantitative estimate of drug-likeness (QED) is 0.606. The summed E-state index contributed by atoms with van der Waals surface area (Å²) in [7, 11) is 0. The molecule has 0 aromatic heterocycles. The molecule has 0 saturated heterocycles. The van der Waals surface area contributed by atoms with Crippen LogP contribution in [0.3, 0.4) is 0 Å². The van der Waals surface area contributed by atoms with E-state index in [0.29, 0.717) is 11.5 Å². The Bertz CT molecular complexity index is 181. The van der Waals surface area contributed by atoms with Crippen molar-refractivity contribution in [3.05, 3.63) is 0 Å². The van der Waals surface area contributed by atoms with Gasteiger partial charge in [0.05, 0.1) is 0 Å². The van der Waals surface area contributed by atoms with Gasteiger partial charge in [-0.05, 0) is 26.7 Å². The minimum Gasteiger partial charge on any atom is -0.310 e. The van der Waals surface area contributed by atoms with Crippen molar-refractivity contribution in [1.29, 1.82) is 0 Å². The van der Waals surface area contributed by atoms with Gasteiger partial charge in [0.25, 0.3) is 0 Å². The molecule has 1 aliphatic rings. The summed E-state index contributed by atoms with van der Waals surface area (Å²) in [5.74, 6) is 6.57. The van der Waals surface area contributed by atoms with Gasteiger partial charge in [-0.15, -0.1) is 5.92 Å². The second-order valence-corrected chi connectivity index (χ2v) is 3.74. The molecular weight excluding hydrogens is 134 g/mol. The van der Waals surface area contributed by atoms with Gasteiger partial charge >= 0.3 is 0 Å². The second-order valence-electron chi connectivity index (χ2n) is 3.74. The minimum absolute atomic E-state index is 0.462. The van der Waals surface area contributed by atoms with Gasteiger partial charge in [0, 0.05) is 18.0 Å². The molecule has 0 bridgehead atoms. The fourth-order valence-corrected chi connectivity index (χ4v) is 1.06. The van der Waals surface area contributed by atoms with Crippen LogP contribution in [0.1, 0.15) is 33.6 Å². The Hall–Kier alpha value is -0.480. The molecule has 1 atom stereocenters. The van der Waals surface area contributed by atoms with Crippen molar-refractivity contribution >= 4 is 0 Å². The molecule has 0 radical (unpaired) electrons. The molecule has 1 nitrogen and oxygen atoms in total. The lowest BCUT2D eigenvalue weighted by molar-refractivity contribution is 0.502. The third-order valence-corrected chi connectivity index (χ3v) is 2.23. The van der Waals surface area contributed by atoms with E-state index < -0.39 is 0 Å². The van der Waals surface area contributed by atoms with Gasteiger partial charge in [0.1, 0.15) is 0 Å². The Morgan fingerprint density at radius 2 is 2.18 bits per heavy atom. The predicted molar refractivity (Wildman–Crippen MR) is 48.3 cm³/mol. The molecule has 62 valence electrons. The van der Waals surface area contributed by atoms with E-state index in [0.717, 1.165) is 6.54 Å². The first-order valence-electron chi connectivity index (χ1n) is 4.33. The molecule has 11 heavy (non-hydrogen) atoms. The van der Waals surface area contributed by atoms with Crippen molar-refractivity contribution in [3.63, 3.8) is 0 Å². The summed E-state index contributed by atoms with van der Waals surface area (Å²) in [5, 5.41) is 3.52. The molecule has 1 rings (SSSR count). The zero-order chi connectivity index (χ0) is 8.32. The topological polar surface area (TPSA) is 12.0 Å². The monoisotopic (exact) mass is 151 g/mol. The maximum absolute atomic E-state index is 3.52. The predicted octanol–water partition coefficient (Wildman–Crippen LogP) is 1.79. The van der Waals surface area contributed by atoms with Gasteiger partial charge in [0.2, 0.25) is 0 Å². The summed E-state index contributed by atoms with van der Waals surface area (Å²) in [6.45, 7) is 7.38. The molecule has 0 spiro atoms. The number of hydrogen-bond acceptors (Lipinski definition) is 1. The number of hydrogen-bond donors (Lipinski definition) is 1. The fraction of sp³-hybridized carbons (Fsp3) is 0.800. The third kappa shape index (κ3) is 2.95. The van der Waals surface area contributed by atoms with Crippen molar-refractivity contribution in [3.8, 4) is 11.8 Å². The summed E-state index contributed by atoms with van der Waals surface area (Å²) in [4.78, 5) is 0. The highest BCUT2D eigenvalue weighted by Gasteiger charge is 2.36. The van der Waals surface area contributed by atoms with Crippen LogP contribution in [-0.4, -0.2) is 12.1 Å². The zero-order valence-electron chi connectivity index (χ0n) is 7.70. The fourth-order valence-electron chi connectivity index (χ4n) is 1.06. The van der Waals surface area contributed by atoms with Crippen LogP contribution in [0.4, 0.5) is 0 Å². The Morgan fingerprint density at radius 3 is 2.64 bits per heavy atom. The van der Waals surface area contributed by atoms with E-state index in [1.165, 1.54) is 12.8 Å². The molecule has 0 aromatic carbocycles. The van der Waals surface area contributed by atoms with Gasteiger partial charge in [-0.2, -0.15) is 0 Å². The highest BCUT2D eigenvalue weighted by atomic mass is 15.0. The standard InChI is InChI=1S/C10H17N/c1-4-5-9(2)8-11-10(3)6-7-10/h9,11H,6-8H2,1-3H3. The smallest absolute Gasteiger partial charge is 0.0299 e. The summed E-state index contributed by atoms with van der Waals surface area (Å²) in [6.07, 6.45) is 2.67. The van der Waals surface area contributed by atoms with Crippen LogP contribution in [0.2, 0.25) is 0 Å². The van der Waals surface area contributed by atoms with Crippen molar-refractivity contribution in [2.24, 2.45) is 5.92 Å². The molecule has 1 saturated carbocycles. The van der Waals surface area contributed by atoms with Crippen LogP contribution in [0, 0.1) is 17.8 Å². The van der Waals surface area contributed by atoms with Gasteiger partial charge in [-0.3, -0.25) is 0 Å². The normalized spacial score (nSPS) is 21.7. The Labute approximate surface area is 69.6 Å². The van der Waals surface area contributed by atoms with Gasteiger partial charge in [-0.1, -0.05) is 12.8 Å². The van der Waals surface area contributed by atoms with E-state index in [1.807, 2.05) is 6.92 Å². The second kappa shape index (κ2) is 3.28. The average Bonchev–Trinajstić information content (AvgIpc) is 2.66. The first kappa shape index (κ1) is 8.62. The molecule has 0 heterocycles. The lowest BCUT2D eigenvalue weighted by Gasteiger charge is -2.12. The Balaban J connectivity index is 2.14. The molecule has 0 amide bonds. The van der Waals surface area contributed by atoms with Crippen LogP contribution < -0.4 is 5.32 Å². The van der Waals surface area contributed by atoms with Crippen LogP contribution in [0.25, 0.3) is 0 Å². The SMILES string of the molecule is CC#CC(C)CNC1(C)CC1. The average molecular weight is 151 g/mol. The lowest BCUT2D eigenvalue weighted by atomic mass is 10.1. The highest BCUT2D eigenvalue weighted by Crippen LogP contribution is 2.34. The first-order valence-corrected chi connectivity index (χ1v) is 4.33. The molecule has 0 aromatic rings. The summed E-state index contributed by atoms with van der Waals surface area (Å²) < 4.78 is 0. The molecule has 1 fully saturated rings. The highest BCUT2D eigenvalue weighted by molar-refractivity contribution is 5.03. The molecular formula is C10H17N. The molecule has 1 N–H and O–H groups in total. The number of rotatable bonds is 3. The van der Waals surface area contributed by atoms with Crippen LogP contribution in [0.15, 0.2) is 0 Å². The van der Waals surface area contributed by atoms with E-state index >= 15 is 0 Å². The molecule has 1 heteroatoms. The molecule has 1 aliphatic carbocycles. The molecule has 1 unspecified atom stereocenters. The minimum atomic E-state index is 0.462. The maximum Gasteiger partial charge on any atom is 0.0299 e. The summed E-state index contributed by atoms with van der Waals surface area (Å²) in [6, 6.07) is 0. The summed E-state index contributed by atoms with van der Waals surface area (Å²) in [5.41, 5.74) is 0.462. The van der Waals surface area contributed by atoms with E-state index in [9.17, 15) is 0 Å². The van der Waals surface area contributed by atoms with Gasteiger partial charge in [0.15, 0.2) is 0 Å². The van der Waals surface area contributed by atoms with Crippen molar-refractivity contribution in [1.82, 2.24) is 5.32 Å². The maximum atomic E-state index is 3.52. The van der Waals surface area contributed by atoms with Gasteiger partial charge in [-0.25, -0.2) is 0 Å². The third-order valence-electron chi connectivity index (χ3n) is 2.23. The van der Waals surface area contributed by atoms with E-state index in [-0.39, 0.29) is 0 Å². The van der Waals surface area contributed by atoms with Crippen molar-refractivity contribution < 1.29 is 0 Å².